The quantitative estimate of drug-likeness (QED) is 0.538. The summed E-state index contributed by atoms with van der Waals surface area (Å²) >= 11 is 1.81. The van der Waals surface area contributed by atoms with Gasteiger partial charge in [-0.1, -0.05) is 25.1 Å². The molecule has 1 heterocycles. The molecule has 0 amide bonds. The molecular formula is C18H25N3OS. The van der Waals surface area contributed by atoms with Crippen molar-refractivity contribution in [3.8, 4) is 5.75 Å². The molecule has 2 aromatic rings. The van der Waals surface area contributed by atoms with Crippen molar-refractivity contribution >= 4 is 17.3 Å². The minimum atomic E-state index is 0.283. The number of phenolic OH excluding ortho intramolecular Hbond substituents is 1. The summed E-state index contributed by atoms with van der Waals surface area (Å²) in [6, 6.07) is 11.4. The van der Waals surface area contributed by atoms with Gasteiger partial charge < -0.3 is 15.7 Å². The van der Waals surface area contributed by atoms with E-state index in [-0.39, 0.29) is 5.75 Å². The normalized spacial score (nSPS) is 12.9. The van der Waals surface area contributed by atoms with Gasteiger partial charge in [-0.3, -0.25) is 0 Å². The number of benzene rings is 1. The number of guanidine groups is 1. The lowest BCUT2D eigenvalue weighted by atomic mass is 10.1. The summed E-state index contributed by atoms with van der Waals surface area (Å²) in [5.41, 5.74) is 1.08. The summed E-state index contributed by atoms with van der Waals surface area (Å²) < 4.78 is 0. The van der Waals surface area contributed by atoms with Gasteiger partial charge in [0, 0.05) is 18.0 Å². The highest BCUT2D eigenvalue weighted by Gasteiger charge is 2.06. The SMILES string of the molecule is CCNC(=NCc1ccc(O)cc1)NCC(C)Cc1cccs1. The zero-order valence-corrected chi connectivity index (χ0v) is 14.6. The first-order chi connectivity index (χ1) is 11.2. The molecular weight excluding hydrogens is 306 g/mol. The van der Waals surface area contributed by atoms with Crippen molar-refractivity contribution in [2.75, 3.05) is 13.1 Å². The van der Waals surface area contributed by atoms with Crippen LogP contribution in [0.25, 0.3) is 0 Å². The second-order valence-corrected chi connectivity index (χ2v) is 6.66. The molecule has 23 heavy (non-hydrogen) atoms. The van der Waals surface area contributed by atoms with Gasteiger partial charge in [0.05, 0.1) is 6.54 Å². The number of aliphatic imine (C=N–C) groups is 1. The highest BCUT2D eigenvalue weighted by Crippen LogP contribution is 2.14. The van der Waals surface area contributed by atoms with Crippen LogP contribution in [0.15, 0.2) is 46.8 Å². The number of hydrogen-bond donors (Lipinski definition) is 3. The Morgan fingerprint density at radius 1 is 1.22 bits per heavy atom. The van der Waals surface area contributed by atoms with Crippen LogP contribution in [0.5, 0.6) is 5.75 Å². The molecule has 1 unspecified atom stereocenters. The van der Waals surface area contributed by atoms with E-state index >= 15 is 0 Å². The third kappa shape index (κ3) is 6.32. The summed E-state index contributed by atoms with van der Waals surface area (Å²) in [6.07, 6.45) is 1.09. The van der Waals surface area contributed by atoms with Crippen molar-refractivity contribution in [1.29, 1.82) is 0 Å². The van der Waals surface area contributed by atoms with Crippen LogP contribution in [-0.2, 0) is 13.0 Å². The fraction of sp³-hybridized carbons (Fsp3) is 0.389. The first-order valence-corrected chi connectivity index (χ1v) is 8.87. The Kier molecular flexibility index (Phi) is 6.94. The van der Waals surface area contributed by atoms with Crippen LogP contribution in [-0.4, -0.2) is 24.2 Å². The monoisotopic (exact) mass is 331 g/mol. The number of nitrogens with zero attached hydrogens (tertiary/aromatic N) is 1. The molecule has 0 aliphatic heterocycles. The third-order valence-electron chi connectivity index (χ3n) is 3.45. The number of aromatic hydroxyl groups is 1. The molecule has 124 valence electrons. The molecule has 0 bridgehead atoms. The lowest BCUT2D eigenvalue weighted by molar-refractivity contribution is 0.475. The smallest absolute Gasteiger partial charge is 0.191 e. The molecule has 5 heteroatoms. The van der Waals surface area contributed by atoms with Crippen molar-refractivity contribution in [3.05, 3.63) is 52.2 Å². The molecule has 1 aromatic heterocycles. The molecule has 0 aliphatic carbocycles. The van der Waals surface area contributed by atoms with Gasteiger partial charge in [0.15, 0.2) is 5.96 Å². The van der Waals surface area contributed by atoms with E-state index in [0.717, 1.165) is 31.0 Å². The highest BCUT2D eigenvalue weighted by molar-refractivity contribution is 7.09. The molecule has 0 fully saturated rings. The summed E-state index contributed by atoms with van der Waals surface area (Å²) in [6.45, 7) is 6.62. The maximum atomic E-state index is 9.31. The van der Waals surface area contributed by atoms with E-state index in [9.17, 15) is 5.11 Å². The molecule has 3 N–H and O–H groups in total. The second kappa shape index (κ2) is 9.20. The fourth-order valence-electron chi connectivity index (χ4n) is 2.23. The topological polar surface area (TPSA) is 56.7 Å². The number of nitrogens with one attached hydrogen (secondary N) is 2. The van der Waals surface area contributed by atoms with Crippen LogP contribution in [0.1, 0.15) is 24.3 Å². The standard InChI is InChI=1S/C18H25N3OS/c1-3-19-18(21-13-15-6-8-16(22)9-7-15)20-12-14(2)11-17-5-4-10-23-17/h4-10,14,22H,3,11-13H2,1-2H3,(H2,19,20,21). The zero-order chi connectivity index (χ0) is 16.5. The van der Waals surface area contributed by atoms with E-state index in [0.29, 0.717) is 12.5 Å². The summed E-state index contributed by atoms with van der Waals surface area (Å²) in [7, 11) is 0. The van der Waals surface area contributed by atoms with Gasteiger partial charge in [-0.15, -0.1) is 11.3 Å². The van der Waals surface area contributed by atoms with Gasteiger partial charge in [-0.05, 0) is 48.4 Å². The first-order valence-electron chi connectivity index (χ1n) is 8.00. The van der Waals surface area contributed by atoms with Gasteiger partial charge in [0.2, 0.25) is 0 Å². The maximum absolute atomic E-state index is 9.31. The molecule has 0 radical (unpaired) electrons. The summed E-state index contributed by atoms with van der Waals surface area (Å²) in [5, 5.41) is 18.1. The van der Waals surface area contributed by atoms with Crippen LogP contribution in [0.4, 0.5) is 0 Å². The number of hydrogen-bond acceptors (Lipinski definition) is 3. The molecule has 2 rings (SSSR count). The predicted octanol–water partition coefficient (Wildman–Crippen LogP) is 3.39. The van der Waals surface area contributed by atoms with Crippen molar-refractivity contribution in [1.82, 2.24) is 10.6 Å². The number of rotatable bonds is 7. The largest absolute Gasteiger partial charge is 0.508 e. The Balaban J connectivity index is 1.84. The number of thiophene rings is 1. The van der Waals surface area contributed by atoms with Crippen LogP contribution in [0, 0.1) is 5.92 Å². The van der Waals surface area contributed by atoms with E-state index < -0.39 is 0 Å². The van der Waals surface area contributed by atoms with Gasteiger partial charge in [-0.2, -0.15) is 0 Å². The second-order valence-electron chi connectivity index (χ2n) is 5.63. The predicted molar refractivity (Wildman–Crippen MR) is 98.1 cm³/mol. The molecule has 4 nitrogen and oxygen atoms in total. The molecule has 0 aliphatic rings. The van der Waals surface area contributed by atoms with E-state index in [2.05, 4.69) is 47.0 Å². The lowest BCUT2D eigenvalue weighted by Gasteiger charge is -2.15. The summed E-state index contributed by atoms with van der Waals surface area (Å²) in [4.78, 5) is 6.02. The summed E-state index contributed by atoms with van der Waals surface area (Å²) in [5.74, 6) is 1.66. The van der Waals surface area contributed by atoms with Gasteiger partial charge in [0.1, 0.15) is 5.75 Å². The van der Waals surface area contributed by atoms with Crippen LogP contribution < -0.4 is 10.6 Å². The van der Waals surface area contributed by atoms with Gasteiger partial charge in [-0.25, -0.2) is 4.99 Å². The molecule has 0 saturated carbocycles. The van der Waals surface area contributed by atoms with Crippen molar-refractivity contribution < 1.29 is 5.11 Å². The fourth-order valence-corrected chi connectivity index (χ4v) is 3.10. The zero-order valence-electron chi connectivity index (χ0n) is 13.7. The average molecular weight is 331 g/mol. The van der Waals surface area contributed by atoms with Gasteiger partial charge in [0.25, 0.3) is 0 Å². The Morgan fingerprint density at radius 3 is 2.65 bits per heavy atom. The van der Waals surface area contributed by atoms with Crippen molar-refractivity contribution in [2.24, 2.45) is 10.9 Å². The lowest BCUT2D eigenvalue weighted by Crippen LogP contribution is -2.39. The van der Waals surface area contributed by atoms with Gasteiger partial charge >= 0.3 is 0 Å². The highest BCUT2D eigenvalue weighted by atomic mass is 32.1. The Hall–Kier alpha value is -2.01. The van der Waals surface area contributed by atoms with E-state index in [4.69, 9.17) is 0 Å². The Morgan fingerprint density at radius 2 is 2.00 bits per heavy atom. The molecule has 0 saturated heterocycles. The van der Waals surface area contributed by atoms with E-state index in [1.807, 2.05) is 23.5 Å². The molecule has 0 spiro atoms. The minimum absolute atomic E-state index is 0.283. The minimum Gasteiger partial charge on any atom is -0.508 e. The molecule has 1 aromatic carbocycles. The van der Waals surface area contributed by atoms with Crippen LogP contribution in [0.3, 0.4) is 0 Å². The van der Waals surface area contributed by atoms with Crippen LogP contribution in [0.2, 0.25) is 0 Å². The maximum Gasteiger partial charge on any atom is 0.191 e. The van der Waals surface area contributed by atoms with Crippen LogP contribution >= 0.6 is 11.3 Å². The Labute approximate surface area is 142 Å². The number of phenols is 1. The average Bonchev–Trinajstić information content (AvgIpc) is 3.04. The Bertz CT molecular complexity index is 593. The van der Waals surface area contributed by atoms with Crippen molar-refractivity contribution in [2.45, 2.75) is 26.8 Å². The third-order valence-corrected chi connectivity index (χ3v) is 4.35. The first kappa shape index (κ1) is 17.3. The molecule has 1 atom stereocenters. The van der Waals surface area contributed by atoms with Crippen molar-refractivity contribution in [3.63, 3.8) is 0 Å². The van der Waals surface area contributed by atoms with E-state index in [1.54, 1.807) is 12.1 Å². The van der Waals surface area contributed by atoms with E-state index in [1.165, 1.54) is 4.88 Å².